The minimum Gasteiger partial charge on any atom is -0.549 e. The minimum atomic E-state index is -2.42. The molecule has 6 nitrogen and oxygen atoms in total. The molecule has 0 aliphatic rings. The van der Waals surface area contributed by atoms with Crippen molar-refractivity contribution < 1.29 is 29.4 Å². The molecular weight excluding hydrogens is 348 g/mol. The van der Waals surface area contributed by atoms with Gasteiger partial charge >= 0.3 is 0 Å². The van der Waals surface area contributed by atoms with Gasteiger partial charge in [-0.25, -0.2) is 0 Å². The highest BCUT2D eigenvalue weighted by atomic mass is 16.4. The number of carboxylic acid groups (broad SMARTS) is 2. The fourth-order valence-electron chi connectivity index (χ4n) is 2.74. The van der Waals surface area contributed by atoms with Crippen LogP contribution in [0.15, 0.2) is 72.8 Å². The number of hydrogen-bond donors (Lipinski definition) is 0. The Morgan fingerprint density at radius 2 is 1.11 bits per heavy atom. The van der Waals surface area contributed by atoms with Crippen molar-refractivity contribution in [2.45, 2.75) is 12.8 Å². The summed E-state index contributed by atoms with van der Waals surface area (Å²) in [7, 11) is 0. The zero-order valence-corrected chi connectivity index (χ0v) is 14.3. The average Bonchev–Trinajstić information content (AvgIpc) is 2.67. The van der Waals surface area contributed by atoms with Crippen molar-refractivity contribution in [2.24, 2.45) is 5.41 Å². The van der Waals surface area contributed by atoms with Gasteiger partial charge in [0, 0.05) is 24.0 Å². The lowest BCUT2D eigenvalue weighted by atomic mass is 9.71. The molecule has 0 unspecified atom stereocenters. The van der Waals surface area contributed by atoms with Gasteiger partial charge in [0.15, 0.2) is 11.6 Å². The quantitative estimate of drug-likeness (QED) is 0.475. The Hall–Kier alpha value is -3.54. The molecule has 0 aromatic heterocycles. The highest BCUT2D eigenvalue weighted by Gasteiger charge is 2.40. The lowest BCUT2D eigenvalue weighted by Gasteiger charge is -2.36. The van der Waals surface area contributed by atoms with Crippen LogP contribution in [0.2, 0.25) is 0 Å². The molecule has 0 N–H and O–H groups in total. The molecule has 138 valence electrons. The van der Waals surface area contributed by atoms with Crippen LogP contribution in [-0.2, 0) is 9.59 Å². The van der Waals surface area contributed by atoms with Crippen LogP contribution >= 0.6 is 0 Å². The van der Waals surface area contributed by atoms with Crippen molar-refractivity contribution in [1.82, 2.24) is 0 Å². The first-order valence-corrected chi connectivity index (χ1v) is 8.06. The molecule has 2 aromatic carbocycles. The Morgan fingerprint density at radius 1 is 0.741 bits per heavy atom. The number of Topliss-reactive ketones (excluding diaryl/α,β-unsaturated/α-hetero) is 2. The zero-order valence-electron chi connectivity index (χ0n) is 14.3. The Bertz CT molecular complexity index is 830. The van der Waals surface area contributed by atoms with Crippen LogP contribution in [0, 0.1) is 5.41 Å². The van der Waals surface area contributed by atoms with Gasteiger partial charge in [0.2, 0.25) is 0 Å². The molecule has 0 aliphatic heterocycles. The highest BCUT2D eigenvalue weighted by Crippen LogP contribution is 2.36. The molecule has 0 atom stereocenters. The van der Waals surface area contributed by atoms with Crippen molar-refractivity contribution in [1.29, 1.82) is 0 Å². The van der Waals surface area contributed by atoms with Crippen LogP contribution in [-0.4, -0.2) is 23.5 Å². The maximum Gasteiger partial charge on any atom is 0.164 e. The number of benzene rings is 2. The molecule has 6 heteroatoms. The van der Waals surface area contributed by atoms with E-state index in [0.717, 1.165) is 0 Å². The predicted molar refractivity (Wildman–Crippen MR) is 92.4 cm³/mol. The lowest BCUT2D eigenvalue weighted by Crippen LogP contribution is -2.50. The van der Waals surface area contributed by atoms with Gasteiger partial charge in [0.1, 0.15) is 0 Å². The molecule has 0 heterocycles. The van der Waals surface area contributed by atoms with Gasteiger partial charge < -0.3 is 19.8 Å². The first-order valence-electron chi connectivity index (χ1n) is 8.06. The van der Waals surface area contributed by atoms with E-state index in [2.05, 4.69) is 6.58 Å². The number of aliphatic carboxylic acids is 2. The minimum absolute atomic E-state index is 0.182. The van der Waals surface area contributed by atoms with Gasteiger partial charge in [0.05, 0.1) is 17.4 Å². The molecule has 27 heavy (non-hydrogen) atoms. The van der Waals surface area contributed by atoms with E-state index >= 15 is 0 Å². The first kappa shape index (κ1) is 19.8. The van der Waals surface area contributed by atoms with E-state index in [9.17, 15) is 29.4 Å². The SMILES string of the molecule is C=C(C(=O)[O-])C(CC(=O)c1ccccc1)(CC(=O)c1ccccc1)C(=O)[O-]. The van der Waals surface area contributed by atoms with Crippen molar-refractivity contribution in [3.63, 3.8) is 0 Å². The molecule has 0 aliphatic carbocycles. The maximum atomic E-state index is 12.6. The van der Waals surface area contributed by atoms with Crippen LogP contribution in [0.3, 0.4) is 0 Å². The monoisotopic (exact) mass is 364 g/mol. The third kappa shape index (κ3) is 4.36. The fourth-order valence-corrected chi connectivity index (χ4v) is 2.74. The summed E-state index contributed by atoms with van der Waals surface area (Å²) < 4.78 is 0. The Kier molecular flexibility index (Phi) is 6.03. The molecule has 2 rings (SSSR count). The molecular formula is C21H16O6-2. The van der Waals surface area contributed by atoms with E-state index < -0.39 is 47.3 Å². The number of hydrogen-bond acceptors (Lipinski definition) is 6. The third-order valence-corrected chi connectivity index (χ3v) is 4.33. The Labute approximate surface area is 155 Å². The summed E-state index contributed by atoms with van der Waals surface area (Å²) in [5.74, 6) is -5.03. The second-order valence-corrected chi connectivity index (χ2v) is 6.07. The molecule has 0 radical (unpaired) electrons. The standard InChI is InChI=1S/C21H18O6/c1-14(19(24)25)21(20(26)27,12-17(22)15-8-4-2-5-9-15)13-18(23)16-10-6-3-7-11-16/h2-11H,1,12-13H2,(H,24,25)(H,26,27)/p-2. The molecule has 0 bridgehead atoms. The van der Waals surface area contributed by atoms with Crippen LogP contribution in [0.5, 0.6) is 0 Å². The van der Waals surface area contributed by atoms with E-state index in [1.807, 2.05) is 0 Å². The summed E-state index contributed by atoms with van der Waals surface area (Å²) in [6.45, 7) is 3.25. The topological polar surface area (TPSA) is 114 Å². The molecule has 0 amide bonds. The molecule has 0 fully saturated rings. The van der Waals surface area contributed by atoms with Gasteiger partial charge in [-0.1, -0.05) is 67.2 Å². The van der Waals surface area contributed by atoms with Gasteiger partial charge in [-0.05, 0) is 5.57 Å². The molecule has 0 saturated carbocycles. The summed E-state index contributed by atoms with van der Waals surface area (Å²) in [5.41, 5.74) is -2.93. The second kappa shape index (κ2) is 8.23. The van der Waals surface area contributed by atoms with E-state index in [4.69, 9.17) is 0 Å². The number of ketones is 2. The number of carboxylic acids is 2. The summed E-state index contributed by atoms with van der Waals surface area (Å²) in [5, 5.41) is 23.3. The highest BCUT2D eigenvalue weighted by molar-refractivity contribution is 6.07. The van der Waals surface area contributed by atoms with E-state index in [1.165, 1.54) is 24.3 Å². The summed E-state index contributed by atoms with van der Waals surface area (Å²) in [4.78, 5) is 48.4. The molecule has 0 spiro atoms. The maximum absolute atomic E-state index is 12.6. The first-order chi connectivity index (χ1) is 12.8. The third-order valence-electron chi connectivity index (χ3n) is 4.33. The van der Waals surface area contributed by atoms with Gasteiger partial charge in [-0.3, -0.25) is 9.59 Å². The number of rotatable bonds is 9. The Balaban J connectivity index is 2.45. The van der Waals surface area contributed by atoms with E-state index in [0.29, 0.717) is 0 Å². The van der Waals surface area contributed by atoms with Crippen molar-refractivity contribution in [3.05, 3.63) is 83.9 Å². The van der Waals surface area contributed by atoms with Gasteiger partial charge in [0.25, 0.3) is 0 Å². The second-order valence-electron chi connectivity index (χ2n) is 6.07. The van der Waals surface area contributed by atoms with Crippen LogP contribution in [0.25, 0.3) is 0 Å². The largest absolute Gasteiger partial charge is 0.549 e. The smallest absolute Gasteiger partial charge is 0.164 e. The van der Waals surface area contributed by atoms with Gasteiger partial charge in [-0.2, -0.15) is 0 Å². The normalized spacial score (nSPS) is 10.8. The fraction of sp³-hybridized carbons (Fsp3) is 0.143. The van der Waals surface area contributed by atoms with Crippen molar-refractivity contribution in [3.8, 4) is 0 Å². The lowest BCUT2D eigenvalue weighted by molar-refractivity contribution is -0.321. The Morgan fingerprint density at radius 3 is 1.41 bits per heavy atom. The van der Waals surface area contributed by atoms with Crippen molar-refractivity contribution in [2.75, 3.05) is 0 Å². The average molecular weight is 364 g/mol. The van der Waals surface area contributed by atoms with E-state index in [1.54, 1.807) is 36.4 Å². The zero-order chi connectivity index (χ0) is 20.0. The molecule has 0 saturated heterocycles. The summed E-state index contributed by atoms with van der Waals surface area (Å²) >= 11 is 0. The van der Waals surface area contributed by atoms with Crippen molar-refractivity contribution >= 4 is 23.5 Å². The van der Waals surface area contributed by atoms with Gasteiger partial charge in [-0.15, -0.1) is 0 Å². The summed E-state index contributed by atoms with van der Waals surface area (Å²) in [6, 6.07) is 15.5. The van der Waals surface area contributed by atoms with Crippen LogP contribution < -0.4 is 10.2 Å². The number of carbonyl (C=O) groups excluding carboxylic acids is 4. The van der Waals surface area contributed by atoms with E-state index in [-0.39, 0.29) is 11.1 Å². The predicted octanol–water partition coefficient (Wildman–Crippen LogP) is 0.575. The summed E-state index contributed by atoms with van der Waals surface area (Å²) in [6.07, 6.45) is -1.57. The number of carbonyl (C=O) groups is 4. The molecule has 2 aromatic rings. The van der Waals surface area contributed by atoms with Crippen LogP contribution in [0.4, 0.5) is 0 Å². The van der Waals surface area contributed by atoms with Crippen LogP contribution in [0.1, 0.15) is 33.6 Å².